The largest absolute Gasteiger partial charge is 0.277 e. The van der Waals surface area contributed by atoms with Crippen molar-refractivity contribution in [2.75, 3.05) is 0 Å². The Morgan fingerprint density at radius 2 is 1.54 bits per heavy atom. The van der Waals surface area contributed by atoms with Gasteiger partial charge >= 0.3 is 0 Å². The monoisotopic (exact) mass is 310 g/mol. The van der Waals surface area contributed by atoms with Crippen molar-refractivity contribution in [2.45, 2.75) is 19.3 Å². The minimum atomic E-state index is 0.0219. The van der Waals surface area contributed by atoms with Crippen LogP contribution in [-0.4, -0.2) is 10.2 Å². The van der Waals surface area contributed by atoms with Gasteiger partial charge in [-0.25, -0.2) is 0 Å². The molecule has 24 heavy (non-hydrogen) atoms. The molecule has 0 fully saturated rings. The maximum absolute atomic E-state index is 4.56. The van der Waals surface area contributed by atoms with Crippen LogP contribution in [0.3, 0.4) is 0 Å². The maximum Gasteiger partial charge on any atom is 0.0999 e. The van der Waals surface area contributed by atoms with E-state index in [1.54, 1.807) is 0 Å². The van der Waals surface area contributed by atoms with E-state index in [1.165, 1.54) is 33.2 Å². The van der Waals surface area contributed by atoms with Gasteiger partial charge in [-0.1, -0.05) is 68.4 Å². The first-order valence-corrected chi connectivity index (χ1v) is 8.34. The number of benzene rings is 3. The first kappa shape index (κ1) is 13.6. The van der Waals surface area contributed by atoms with Crippen molar-refractivity contribution < 1.29 is 0 Å². The van der Waals surface area contributed by atoms with Crippen molar-refractivity contribution in [3.63, 3.8) is 0 Å². The first-order valence-electron chi connectivity index (χ1n) is 8.34. The number of nitrogens with zero attached hydrogens (tertiary/aromatic N) is 1. The van der Waals surface area contributed by atoms with Crippen molar-refractivity contribution in [2.24, 2.45) is 0 Å². The van der Waals surface area contributed by atoms with Crippen LogP contribution in [-0.2, 0) is 5.41 Å². The standard InChI is InChI=1S/C22H18N2/c1-22(2)18-9-5-3-7-15(18)16-12-11-14(13-19(16)22)21-17-8-4-6-10-20(17)23-24-21/h3-13H,1-2H3,(H,23,24). The summed E-state index contributed by atoms with van der Waals surface area (Å²) in [6.45, 7) is 4.62. The predicted molar refractivity (Wildman–Crippen MR) is 99.1 cm³/mol. The van der Waals surface area contributed by atoms with Gasteiger partial charge in [0, 0.05) is 16.4 Å². The van der Waals surface area contributed by atoms with Crippen LogP contribution < -0.4 is 0 Å². The zero-order valence-corrected chi connectivity index (χ0v) is 13.8. The van der Waals surface area contributed by atoms with Crippen molar-refractivity contribution in [1.29, 1.82) is 0 Å². The molecule has 0 aliphatic heterocycles. The molecule has 1 aliphatic rings. The summed E-state index contributed by atoms with van der Waals surface area (Å²) in [4.78, 5) is 0. The van der Waals surface area contributed by atoms with E-state index in [-0.39, 0.29) is 5.41 Å². The van der Waals surface area contributed by atoms with Gasteiger partial charge in [0.15, 0.2) is 0 Å². The number of hydrogen-bond donors (Lipinski definition) is 1. The summed E-state index contributed by atoms with van der Waals surface area (Å²) < 4.78 is 0. The molecule has 0 unspecified atom stereocenters. The molecule has 1 aliphatic carbocycles. The minimum absolute atomic E-state index is 0.0219. The Morgan fingerprint density at radius 3 is 2.46 bits per heavy atom. The summed E-state index contributed by atoms with van der Waals surface area (Å²) in [5, 5.41) is 8.88. The molecule has 0 atom stereocenters. The Morgan fingerprint density at radius 1 is 0.792 bits per heavy atom. The molecule has 3 aromatic carbocycles. The molecular formula is C22H18N2. The van der Waals surface area contributed by atoms with Crippen molar-refractivity contribution in [3.8, 4) is 22.4 Å². The molecule has 0 saturated heterocycles. The van der Waals surface area contributed by atoms with Crippen molar-refractivity contribution >= 4 is 10.9 Å². The van der Waals surface area contributed by atoms with E-state index in [0.29, 0.717) is 0 Å². The number of fused-ring (bicyclic) bond motifs is 4. The minimum Gasteiger partial charge on any atom is -0.277 e. The molecule has 116 valence electrons. The number of H-pyrrole nitrogens is 1. The topological polar surface area (TPSA) is 28.7 Å². The van der Waals surface area contributed by atoms with Crippen LogP contribution in [0.5, 0.6) is 0 Å². The summed E-state index contributed by atoms with van der Waals surface area (Å²) >= 11 is 0. The fourth-order valence-corrected chi connectivity index (χ4v) is 4.04. The number of hydrogen-bond acceptors (Lipinski definition) is 1. The lowest BCUT2D eigenvalue weighted by Gasteiger charge is -2.21. The van der Waals surface area contributed by atoms with Crippen LogP contribution in [0, 0.1) is 0 Å². The summed E-state index contributed by atoms with van der Waals surface area (Å²) in [6, 6.07) is 23.8. The normalized spacial score (nSPS) is 14.6. The second kappa shape index (κ2) is 4.57. The smallest absolute Gasteiger partial charge is 0.0999 e. The molecule has 2 heteroatoms. The summed E-state index contributed by atoms with van der Waals surface area (Å²) in [5.41, 5.74) is 8.80. The van der Waals surface area contributed by atoms with E-state index in [0.717, 1.165) is 11.2 Å². The molecule has 1 aromatic heterocycles. The Balaban J connectivity index is 1.75. The van der Waals surface area contributed by atoms with Crippen LogP contribution in [0.2, 0.25) is 0 Å². The Kier molecular flexibility index (Phi) is 2.58. The third-order valence-electron chi connectivity index (χ3n) is 5.33. The Hall–Kier alpha value is -2.87. The lowest BCUT2D eigenvalue weighted by atomic mass is 9.82. The van der Waals surface area contributed by atoms with Crippen molar-refractivity contribution in [3.05, 3.63) is 77.9 Å². The maximum atomic E-state index is 4.56. The molecule has 1 N–H and O–H groups in total. The molecule has 4 aromatic rings. The SMILES string of the molecule is CC1(C)c2ccccc2-c2ccc(-c3n[nH]c4ccccc34)cc21. The quantitative estimate of drug-likeness (QED) is 0.491. The molecule has 0 amide bonds. The van der Waals surface area contributed by atoms with Gasteiger partial charge in [-0.15, -0.1) is 0 Å². The molecule has 5 rings (SSSR count). The molecular weight excluding hydrogens is 292 g/mol. The van der Waals surface area contributed by atoms with Gasteiger partial charge in [-0.05, 0) is 34.4 Å². The van der Waals surface area contributed by atoms with Gasteiger partial charge in [0.25, 0.3) is 0 Å². The lowest BCUT2D eigenvalue weighted by molar-refractivity contribution is 0.660. The Labute approximate surface area is 141 Å². The highest BCUT2D eigenvalue weighted by Gasteiger charge is 2.35. The molecule has 0 saturated carbocycles. The van der Waals surface area contributed by atoms with E-state index in [4.69, 9.17) is 0 Å². The fourth-order valence-electron chi connectivity index (χ4n) is 4.04. The second-order valence-electron chi connectivity index (χ2n) is 7.05. The van der Waals surface area contributed by atoms with Gasteiger partial charge in [0.05, 0.1) is 11.2 Å². The average molecular weight is 310 g/mol. The predicted octanol–water partition coefficient (Wildman–Crippen LogP) is 5.54. The number of nitrogens with one attached hydrogen (secondary N) is 1. The molecule has 1 heterocycles. The second-order valence-corrected chi connectivity index (χ2v) is 7.05. The third-order valence-corrected chi connectivity index (χ3v) is 5.33. The molecule has 2 nitrogen and oxygen atoms in total. The van der Waals surface area contributed by atoms with Crippen LogP contribution >= 0.6 is 0 Å². The van der Waals surface area contributed by atoms with Crippen LogP contribution in [0.25, 0.3) is 33.3 Å². The van der Waals surface area contributed by atoms with Gasteiger partial charge in [0.2, 0.25) is 0 Å². The van der Waals surface area contributed by atoms with Gasteiger partial charge in [0.1, 0.15) is 0 Å². The molecule has 0 spiro atoms. The van der Waals surface area contributed by atoms with Gasteiger partial charge in [-0.3, -0.25) is 5.10 Å². The van der Waals surface area contributed by atoms with Gasteiger partial charge < -0.3 is 0 Å². The molecule has 0 bridgehead atoms. The summed E-state index contributed by atoms with van der Waals surface area (Å²) in [6.07, 6.45) is 0. The average Bonchev–Trinajstić information content (AvgIpc) is 3.13. The lowest BCUT2D eigenvalue weighted by Crippen LogP contribution is -2.14. The molecule has 0 radical (unpaired) electrons. The highest BCUT2D eigenvalue weighted by atomic mass is 15.1. The summed E-state index contributed by atoms with van der Waals surface area (Å²) in [5.74, 6) is 0. The number of aromatic nitrogens is 2. The van der Waals surface area contributed by atoms with E-state index in [1.807, 2.05) is 6.07 Å². The number of rotatable bonds is 1. The highest BCUT2D eigenvalue weighted by Crippen LogP contribution is 2.49. The third kappa shape index (κ3) is 1.68. The van der Waals surface area contributed by atoms with Gasteiger partial charge in [-0.2, -0.15) is 5.10 Å². The van der Waals surface area contributed by atoms with Crippen LogP contribution in [0.1, 0.15) is 25.0 Å². The fraction of sp³-hybridized carbons (Fsp3) is 0.136. The van der Waals surface area contributed by atoms with Crippen LogP contribution in [0.4, 0.5) is 0 Å². The van der Waals surface area contributed by atoms with Crippen molar-refractivity contribution in [1.82, 2.24) is 10.2 Å². The van der Waals surface area contributed by atoms with E-state index in [2.05, 4.69) is 84.7 Å². The van der Waals surface area contributed by atoms with Crippen LogP contribution in [0.15, 0.2) is 66.7 Å². The summed E-state index contributed by atoms with van der Waals surface area (Å²) in [7, 11) is 0. The Bertz CT molecular complexity index is 1090. The zero-order chi connectivity index (χ0) is 16.3. The first-order chi connectivity index (χ1) is 11.7. The van der Waals surface area contributed by atoms with E-state index < -0.39 is 0 Å². The number of aromatic amines is 1. The van der Waals surface area contributed by atoms with E-state index >= 15 is 0 Å². The highest BCUT2D eigenvalue weighted by molar-refractivity contribution is 5.94. The van der Waals surface area contributed by atoms with E-state index in [9.17, 15) is 0 Å². The number of para-hydroxylation sites is 1. The zero-order valence-electron chi connectivity index (χ0n) is 13.8.